The lowest BCUT2D eigenvalue weighted by Crippen LogP contribution is -2.47. The minimum absolute atomic E-state index is 0.0958. The molecule has 5 heteroatoms. The van der Waals surface area contributed by atoms with Crippen molar-refractivity contribution in [1.82, 2.24) is 15.1 Å². The zero-order chi connectivity index (χ0) is 13.2. The van der Waals surface area contributed by atoms with Crippen molar-refractivity contribution in [2.75, 3.05) is 6.54 Å². The van der Waals surface area contributed by atoms with Crippen LogP contribution in [0.3, 0.4) is 0 Å². The van der Waals surface area contributed by atoms with Crippen LogP contribution in [0.1, 0.15) is 50.0 Å². The molecule has 0 radical (unpaired) electrons. The quantitative estimate of drug-likeness (QED) is 0.836. The van der Waals surface area contributed by atoms with Gasteiger partial charge in [-0.1, -0.05) is 25.4 Å². The summed E-state index contributed by atoms with van der Waals surface area (Å²) in [7, 11) is 0. The molecular formula is C13H20ClN3O. The van der Waals surface area contributed by atoms with Gasteiger partial charge in [-0.2, -0.15) is 5.10 Å². The zero-order valence-corrected chi connectivity index (χ0v) is 11.8. The molecule has 4 nitrogen and oxygen atoms in total. The Bertz CT molecular complexity index is 435. The minimum Gasteiger partial charge on any atom is -0.305 e. The van der Waals surface area contributed by atoms with Crippen LogP contribution >= 0.6 is 11.6 Å². The summed E-state index contributed by atoms with van der Waals surface area (Å²) in [5.74, 6) is 0.0958. The third-order valence-corrected chi connectivity index (χ3v) is 4.00. The molecule has 1 atom stereocenters. The fourth-order valence-corrected chi connectivity index (χ4v) is 2.89. The second-order valence-electron chi connectivity index (χ2n) is 4.86. The Kier molecular flexibility index (Phi) is 4.07. The second-order valence-corrected chi connectivity index (χ2v) is 5.27. The van der Waals surface area contributed by atoms with Crippen LogP contribution in [-0.2, 0) is 6.54 Å². The highest BCUT2D eigenvalue weighted by molar-refractivity contribution is 6.34. The van der Waals surface area contributed by atoms with Gasteiger partial charge in [-0.05, 0) is 32.2 Å². The fourth-order valence-electron chi connectivity index (χ4n) is 2.66. The lowest BCUT2D eigenvalue weighted by molar-refractivity contribution is 0.0852. The lowest BCUT2D eigenvalue weighted by Gasteiger charge is -2.26. The molecule has 0 bridgehead atoms. The molecule has 0 aromatic carbocycles. The van der Waals surface area contributed by atoms with Crippen LogP contribution < -0.4 is 5.32 Å². The minimum atomic E-state index is -0.435. The number of rotatable bonds is 5. The second kappa shape index (κ2) is 5.41. The number of halogens is 1. The highest BCUT2D eigenvalue weighted by Crippen LogP contribution is 2.30. The third-order valence-electron chi connectivity index (χ3n) is 3.73. The van der Waals surface area contributed by atoms with Gasteiger partial charge in [-0.15, -0.1) is 0 Å². The largest absolute Gasteiger partial charge is 0.305 e. The molecule has 2 rings (SSSR count). The van der Waals surface area contributed by atoms with Gasteiger partial charge in [-0.25, -0.2) is 0 Å². The van der Waals surface area contributed by atoms with Gasteiger partial charge >= 0.3 is 0 Å². The van der Waals surface area contributed by atoms with Crippen LogP contribution in [0, 0.1) is 0 Å². The molecule has 1 aliphatic heterocycles. The van der Waals surface area contributed by atoms with Crippen LogP contribution in [0.15, 0.2) is 6.20 Å². The van der Waals surface area contributed by atoms with Gasteiger partial charge < -0.3 is 5.32 Å². The number of hydrogen-bond acceptors (Lipinski definition) is 3. The number of nitrogens with zero attached hydrogens (tertiary/aromatic N) is 2. The van der Waals surface area contributed by atoms with Crippen LogP contribution in [0.4, 0.5) is 0 Å². The summed E-state index contributed by atoms with van der Waals surface area (Å²) < 4.78 is 1.74. The number of Topliss-reactive ketones (excluding diaryl/α,β-unsaturated/α-hetero) is 1. The van der Waals surface area contributed by atoms with E-state index < -0.39 is 5.54 Å². The van der Waals surface area contributed by atoms with Crippen molar-refractivity contribution >= 4 is 17.4 Å². The monoisotopic (exact) mass is 269 g/mol. The number of aryl methyl sites for hydroxylation is 1. The van der Waals surface area contributed by atoms with Gasteiger partial charge in [0.25, 0.3) is 0 Å². The molecule has 1 N–H and O–H groups in total. The Hall–Kier alpha value is -0.870. The molecule has 100 valence electrons. The van der Waals surface area contributed by atoms with Crippen molar-refractivity contribution < 1.29 is 4.79 Å². The van der Waals surface area contributed by atoms with Crippen molar-refractivity contribution in [2.24, 2.45) is 0 Å². The van der Waals surface area contributed by atoms with Gasteiger partial charge in [0, 0.05) is 6.54 Å². The SMILES string of the molecule is CCCn1ncc(Cl)c1C(=O)C1(CC)CCCN1. The van der Waals surface area contributed by atoms with Crippen molar-refractivity contribution in [1.29, 1.82) is 0 Å². The standard InChI is InChI=1S/C13H20ClN3O/c1-3-8-17-11(10(14)9-16-17)12(18)13(4-2)6-5-7-15-13/h9,15H,3-8H2,1-2H3. The highest BCUT2D eigenvalue weighted by Gasteiger charge is 2.41. The Balaban J connectivity index is 2.35. The van der Waals surface area contributed by atoms with Gasteiger partial charge in [0.05, 0.1) is 16.8 Å². The predicted octanol–water partition coefficient (Wildman–Crippen LogP) is 2.66. The molecule has 1 saturated heterocycles. The number of hydrogen-bond donors (Lipinski definition) is 1. The predicted molar refractivity (Wildman–Crippen MR) is 72.1 cm³/mol. The van der Waals surface area contributed by atoms with Crippen molar-refractivity contribution in [2.45, 2.75) is 51.6 Å². The van der Waals surface area contributed by atoms with E-state index in [1.54, 1.807) is 10.9 Å². The number of nitrogens with one attached hydrogen (secondary N) is 1. The molecule has 2 heterocycles. The van der Waals surface area contributed by atoms with E-state index in [2.05, 4.69) is 17.3 Å². The van der Waals surface area contributed by atoms with E-state index in [1.165, 1.54) is 0 Å². The molecule has 0 aliphatic carbocycles. The van der Waals surface area contributed by atoms with Crippen LogP contribution in [0.5, 0.6) is 0 Å². The maximum atomic E-state index is 12.8. The normalized spacial score (nSPS) is 23.5. The molecule has 1 unspecified atom stereocenters. The molecule has 18 heavy (non-hydrogen) atoms. The summed E-state index contributed by atoms with van der Waals surface area (Å²) >= 11 is 6.14. The van der Waals surface area contributed by atoms with E-state index >= 15 is 0 Å². The van der Waals surface area contributed by atoms with Gasteiger partial charge in [-0.3, -0.25) is 9.48 Å². The van der Waals surface area contributed by atoms with Crippen molar-refractivity contribution in [3.8, 4) is 0 Å². The number of ketones is 1. The third kappa shape index (κ3) is 2.19. The zero-order valence-electron chi connectivity index (χ0n) is 11.0. The topological polar surface area (TPSA) is 46.9 Å². The van der Waals surface area contributed by atoms with Crippen molar-refractivity contribution in [3.05, 3.63) is 16.9 Å². The Morgan fingerprint density at radius 3 is 2.94 bits per heavy atom. The Labute approximate surface area is 113 Å². The summed E-state index contributed by atoms with van der Waals surface area (Å²) in [6.45, 7) is 5.74. The van der Waals surface area contributed by atoms with Crippen LogP contribution in [0.25, 0.3) is 0 Å². The first kappa shape index (κ1) is 13.6. The summed E-state index contributed by atoms with van der Waals surface area (Å²) in [6.07, 6.45) is 5.22. The van der Waals surface area contributed by atoms with E-state index in [9.17, 15) is 4.79 Å². The molecule has 1 aliphatic rings. The first-order valence-corrected chi connectivity index (χ1v) is 7.03. The molecular weight excluding hydrogens is 250 g/mol. The van der Waals surface area contributed by atoms with Crippen LogP contribution in [-0.4, -0.2) is 27.6 Å². The summed E-state index contributed by atoms with van der Waals surface area (Å²) in [4.78, 5) is 12.8. The molecule has 0 saturated carbocycles. The first-order valence-electron chi connectivity index (χ1n) is 6.65. The molecule has 1 aromatic heterocycles. The fraction of sp³-hybridized carbons (Fsp3) is 0.692. The molecule has 0 amide bonds. The van der Waals surface area contributed by atoms with E-state index in [-0.39, 0.29) is 5.78 Å². The van der Waals surface area contributed by atoms with E-state index in [4.69, 9.17) is 11.6 Å². The number of aromatic nitrogens is 2. The molecule has 1 aromatic rings. The highest BCUT2D eigenvalue weighted by atomic mass is 35.5. The van der Waals surface area contributed by atoms with Crippen molar-refractivity contribution in [3.63, 3.8) is 0 Å². The summed E-state index contributed by atoms with van der Waals surface area (Å²) in [6, 6.07) is 0. The Morgan fingerprint density at radius 1 is 1.61 bits per heavy atom. The summed E-state index contributed by atoms with van der Waals surface area (Å²) in [5.41, 5.74) is 0.129. The maximum absolute atomic E-state index is 12.8. The lowest BCUT2D eigenvalue weighted by atomic mass is 9.87. The smallest absolute Gasteiger partial charge is 0.202 e. The van der Waals surface area contributed by atoms with E-state index in [0.29, 0.717) is 10.7 Å². The average molecular weight is 270 g/mol. The number of carbonyl (C=O) groups excluding carboxylic acids is 1. The van der Waals surface area contributed by atoms with Crippen LogP contribution in [0.2, 0.25) is 5.02 Å². The average Bonchev–Trinajstić information content (AvgIpc) is 2.97. The van der Waals surface area contributed by atoms with Gasteiger partial charge in [0.2, 0.25) is 5.78 Å². The molecule has 0 spiro atoms. The number of carbonyl (C=O) groups is 1. The maximum Gasteiger partial charge on any atom is 0.202 e. The van der Waals surface area contributed by atoms with Gasteiger partial charge in [0.1, 0.15) is 5.69 Å². The van der Waals surface area contributed by atoms with E-state index in [0.717, 1.165) is 38.8 Å². The summed E-state index contributed by atoms with van der Waals surface area (Å²) in [5, 5.41) is 8.02. The Morgan fingerprint density at radius 2 is 2.39 bits per heavy atom. The van der Waals surface area contributed by atoms with E-state index in [1.807, 2.05) is 6.92 Å². The first-order chi connectivity index (χ1) is 8.64. The molecule has 1 fully saturated rings. The van der Waals surface area contributed by atoms with Gasteiger partial charge in [0.15, 0.2) is 0 Å².